The van der Waals surface area contributed by atoms with Gasteiger partial charge in [-0.05, 0) is 6.07 Å². The van der Waals surface area contributed by atoms with Crippen molar-refractivity contribution in [1.82, 2.24) is 19.1 Å². The number of phosphoric acid groups is 3. The molecule has 0 aromatic carbocycles. The third-order valence-electron chi connectivity index (χ3n) is 6.34. The predicted octanol–water partition coefficient (Wildman–Crippen LogP) is -1.94. The third-order valence-corrected chi connectivity index (χ3v) is 8.86. The van der Waals surface area contributed by atoms with Crippen LogP contribution in [0.15, 0.2) is 38.9 Å². The highest BCUT2D eigenvalue weighted by molar-refractivity contribution is 7.48. The molecule has 43 heavy (non-hydrogen) atoms. The summed E-state index contributed by atoms with van der Waals surface area (Å²) < 4.78 is 74.0. The van der Waals surface area contributed by atoms with E-state index < -0.39 is 96.6 Å². The number of rotatable bonds is 10. The molecule has 2 aromatic rings. The largest absolute Gasteiger partial charge is 0.473 e. The Morgan fingerprint density at radius 2 is 1.70 bits per heavy atom. The van der Waals surface area contributed by atoms with Crippen LogP contribution < -0.4 is 22.7 Å². The Bertz CT molecular complexity index is 1690. The van der Waals surface area contributed by atoms with E-state index in [9.17, 15) is 37.9 Å². The maximum absolute atomic E-state index is 12.9. The third kappa shape index (κ3) is 7.47. The van der Waals surface area contributed by atoms with Crippen molar-refractivity contribution < 1.29 is 65.4 Å². The van der Waals surface area contributed by atoms with Gasteiger partial charge in [-0.2, -0.15) is 4.98 Å². The first-order valence-electron chi connectivity index (χ1n) is 12.0. The summed E-state index contributed by atoms with van der Waals surface area (Å²) in [5.74, 6) is -0.112. The van der Waals surface area contributed by atoms with Gasteiger partial charge in [-0.15, -0.1) is 0 Å². The molecule has 25 heteroatoms. The number of ether oxygens (including phenoxy) is 2. The van der Waals surface area contributed by atoms with Crippen LogP contribution in [-0.2, 0) is 45.8 Å². The maximum Gasteiger partial charge on any atom is 0.473 e. The Morgan fingerprint density at radius 3 is 2.37 bits per heavy atom. The van der Waals surface area contributed by atoms with E-state index in [1.54, 1.807) is 0 Å². The van der Waals surface area contributed by atoms with Gasteiger partial charge in [0.15, 0.2) is 6.23 Å². The maximum atomic E-state index is 12.9. The fraction of sp³-hybridized carbons (Fsp3) is 0.556. The quantitative estimate of drug-likeness (QED) is 0.149. The highest BCUT2D eigenvalue weighted by Gasteiger charge is 2.58. The average Bonchev–Trinajstić information content (AvgIpc) is 3.51. The number of nitrogens with zero attached hydrogens (tertiary/aromatic N) is 3. The minimum Gasteiger partial charge on any atom is -0.383 e. The van der Waals surface area contributed by atoms with Crippen LogP contribution in [0.2, 0.25) is 0 Å². The summed E-state index contributed by atoms with van der Waals surface area (Å²) in [5.41, 5.74) is 2.96. The van der Waals surface area contributed by atoms with Gasteiger partial charge in [-0.1, -0.05) is 0 Å². The van der Waals surface area contributed by atoms with Crippen LogP contribution in [0.3, 0.4) is 0 Å². The molecule has 2 aromatic heterocycles. The lowest BCUT2D eigenvalue weighted by Gasteiger charge is -2.23. The molecule has 0 spiro atoms. The van der Waals surface area contributed by atoms with Gasteiger partial charge >= 0.3 is 34.8 Å². The Hall–Kier alpha value is -2.39. The molecule has 2 unspecified atom stereocenters. The molecule has 238 valence electrons. The number of fused-ring (bicyclic) bond motifs is 1. The zero-order valence-corrected chi connectivity index (χ0v) is 24.0. The number of nitrogen functional groups attached to an aromatic ring is 1. The van der Waals surface area contributed by atoms with Crippen molar-refractivity contribution in [1.29, 1.82) is 0 Å². The zero-order valence-electron chi connectivity index (χ0n) is 21.3. The van der Waals surface area contributed by atoms with E-state index in [-0.39, 0.29) is 12.2 Å². The van der Waals surface area contributed by atoms with Crippen LogP contribution in [0.25, 0.3) is 0 Å². The number of nitrogens with one attached hydrogen (secondary N) is 1. The van der Waals surface area contributed by atoms with Gasteiger partial charge in [0, 0.05) is 24.9 Å². The summed E-state index contributed by atoms with van der Waals surface area (Å²) >= 11 is 0. The van der Waals surface area contributed by atoms with E-state index in [1.165, 1.54) is 12.3 Å². The summed E-state index contributed by atoms with van der Waals surface area (Å²) in [5, 5.41) is 0. The predicted molar refractivity (Wildman–Crippen MR) is 135 cm³/mol. The molecule has 0 bridgehead atoms. The molecule has 0 saturated carbocycles. The molecular formula is C18H24N5O17P3. The van der Waals surface area contributed by atoms with E-state index in [4.69, 9.17) is 43.1 Å². The molecule has 3 aliphatic rings. The minimum absolute atomic E-state index is 0.112. The van der Waals surface area contributed by atoms with Gasteiger partial charge < -0.3 is 34.8 Å². The van der Waals surface area contributed by atoms with Crippen molar-refractivity contribution in [3.05, 3.63) is 55.8 Å². The highest BCUT2D eigenvalue weighted by atomic mass is 32.2. The van der Waals surface area contributed by atoms with Crippen molar-refractivity contribution in [2.45, 2.75) is 49.4 Å². The first-order valence-corrected chi connectivity index (χ1v) is 16.5. The number of aromatic nitrogens is 4. The average molecular weight is 676 g/mol. The second kappa shape index (κ2) is 11.8. The van der Waals surface area contributed by atoms with Crippen LogP contribution in [-0.4, -0.2) is 82.4 Å². The summed E-state index contributed by atoms with van der Waals surface area (Å²) in [6.07, 6.45) is -7.66. The molecule has 3 fully saturated rings. The lowest BCUT2D eigenvalue weighted by atomic mass is 10.1. The molecule has 0 radical (unpaired) electrons. The number of anilines is 1. The molecule has 0 aliphatic carbocycles. The monoisotopic (exact) mass is 676 g/mol. The molecule has 9 atom stereocenters. The van der Waals surface area contributed by atoms with Gasteiger partial charge in [0.25, 0.3) is 5.56 Å². The first-order chi connectivity index (χ1) is 20.0. The van der Waals surface area contributed by atoms with E-state index >= 15 is 0 Å². The SMILES string of the molecule is Nc1ccn([C@@H]2O[C@H](COP(=O)(O)O[C@H]3C[C@H](n4ccc(=O)[nH]c4=O)O[C@@H]3CO[32P](=O)(O)O)[C@H]3OP(=O)(O)O[C@H]32)c(=O)n1. The van der Waals surface area contributed by atoms with Crippen molar-refractivity contribution >= 4 is 29.3 Å². The number of hydrogen-bond acceptors (Lipinski definition) is 15. The van der Waals surface area contributed by atoms with Crippen LogP contribution in [0.4, 0.5) is 5.82 Å². The number of phosphoric ester groups is 3. The second-order valence-electron chi connectivity index (χ2n) is 9.29. The second-order valence-corrected chi connectivity index (χ2v) is 13.3. The van der Waals surface area contributed by atoms with Crippen LogP contribution in [0, 0.1) is 0 Å². The molecule has 5 heterocycles. The first kappa shape index (κ1) is 32.0. The van der Waals surface area contributed by atoms with Gasteiger partial charge in [-0.3, -0.25) is 41.5 Å². The van der Waals surface area contributed by atoms with Crippen LogP contribution >= 0.6 is 23.5 Å². The van der Waals surface area contributed by atoms with Gasteiger partial charge in [0.2, 0.25) is 0 Å². The fourth-order valence-electron chi connectivity index (χ4n) is 4.58. The lowest BCUT2D eigenvalue weighted by molar-refractivity contribution is -0.0667. The van der Waals surface area contributed by atoms with E-state index in [0.29, 0.717) is 0 Å². The minimum atomic E-state index is -5.09. The number of aromatic amines is 1. The highest BCUT2D eigenvalue weighted by Crippen LogP contribution is 2.59. The Labute approximate surface area is 238 Å². The van der Waals surface area contributed by atoms with Crippen molar-refractivity contribution in [2.24, 2.45) is 0 Å². The molecule has 3 saturated heterocycles. The fourth-order valence-corrected chi connectivity index (χ4v) is 7.03. The van der Waals surface area contributed by atoms with Crippen molar-refractivity contribution in [2.75, 3.05) is 18.9 Å². The summed E-state index contributed by atoms with van der Waals surface area (Å²) in [6, 6.07) is 2.25. The van der Waals surface area contributed by atoms with Gasteiger partial charge in [-0.25, -0.2) is 23.3 Å². The Morgan fingerprint density at radius 1 is 1.02 bits per heavy atom. The molecule has 22 nitrogen and oxygen atoms in total. The molecule has 0 amide bonds. The smallest absolute Gasteiger partial charge is 0.383 e. The van der Waals surface area contributed by atoms with E-state index in [0.717, 1.165) is 21.4 Å². The molecule has 7 N–H and O–H groups in total. The molecule has 5 rings (SSSR count). The molecular weight excluding hydrogens is 652 g/mol. The number of nitrogens with two attached hydrogens (primary N) is 1. The van der Waals surface area contributed by atoms with E-state index in [1.807, 2.05) is 4.98 Å². The Kier molecular flexibility index (Phi) is 8.82. The molecule has 3 aliphatic heterocycles. The summed E-state index contributed by atoms with van der Waals surface area (Å²) in [7, 11) is -14.7. The van der Waals surface area contributed by atoms with Crippen molar-refractivity contribution in [3.8, 4) is 0 Å². The van der Waals surface area contributed by atoms with Crippen LogP contribution in [0.5, 0.6) is 0 Å². The topological polar surface area (TPSA) is 313 Å². The van der Waals surface area contributed by atoms with Crippen molar-refractivity contribution in [3.63, 3.8) is 0 Å². The zero-order chi connectivity index (χ0) is 31.3. The number of H-pyrrole nitrogens is 1. The van der Waals surface area contributed by atoms with Gasteiger partial charge in [0.05, 0.1) is 13.2 Å². The number of hydrogen-bond donors (Lipinski definition) is 6. The van der Waals surface area contributed by atoms with Crippen LogP contribution in [0.1, 0.15) is 18.9 Å². The normalized spacial score (nSPS) is 33.8. The van der Waals surface area contributed by atoms with Gasteiger partial charge in [0.1, 0.15) is 42.6 Å². The summed E-state index contributed by atoms with van der Waals surface area (Å²) in [4.78, 5) is 79.9. The van der Waals surface area contributed by atoms with E-state index in [2.05, 4.69) is 9.51 Å². The standard InChI is InChI=1S/C18H24N5O17P3/c19-11-1-3-23(17(25)20-11)16-15-14(39-43(32,33)40-15)10(37-16)7-35-42(30,31)38-8-5-13(22-4-2-12(24)21-18(22)26)36-9(8)6-34-41(27,28)29/h1-4,8-10,13-16H,5-7H2,(H,30,31)(H,32,33)(H2,19,20,25)(H,21,24,26)(H2,27,28,29)/t8-,9+,10+,13+,14+,15+,16+/m0/s1/i41+1. The lowest BCUT2D eigenvalue weighted by Crippen LogP contribution is -2.34. The Balaban J connectivity index is 1.30. The summed E-state index contributed by atoms with van der Waals surface area (Å²) in [6.45, 7) is -1.66.